The summed E-state index contributed by atoms with van der Waals surface area (Å²) in [5, 5.41) is 3.10. The normalized spacial score (nSPS) is 11.7. The summed E-state index contributed by atoms with van der Waals surface area (Å²) in [6.07, 6.45) is 2.60. The highest BCUT2D eigenvalue weighted by atomic mass is 32.2. The lowest BCUT2D eigenvalue weighted by atomic mass is 10.2. The number of sulfone groups is 1. The zero-order valence-electron chi connectivity index (χ0n) is 15.1. The highest BCUT2D eigenvalue weighted by Gasteiger charge is 2.13. The zero-order valence-corrected chi connectivity index (χ0v) is 16.7. The van der Waals surface area contributed by atoms with Gasteiger partial charge in [0.05, 0.1) is 27.3 Å². The number of amides is 1. The Labute approximate surface area is 161 Å². The van der Waals surface area contributed by atoms with Crippen molar-refractivity contribution in [2.24, 2.45) is 5.92 Å². The fraction of sp³-hybridized carbons (Fsp3) is 0.278. The number of aromatic nitrogens is 2. The summed E-state index contributed by atoms with van der Waals surface area (Å²) in [6.45, 7) is 4.64. The largest absolute Gasteiger partial charge is 0.477 e. The molecule has 0 unspecified atom stereocenters. The van der Waals surface area contributed by atoms with Gasteiger partial charge >= 0.3 is 0 Å². The minimum atomic E-state index is -3.29. The van der Waals surface area contributed by atoms with Crippen molar-refractivity contribution in [2.45, 2.75) is 18.7 Å². The second-order valence-electron chi connectivity index (χ2n) is 6.46. The molecule has 1 aromatic carbocycles. The van der Waals surface area contributed by atoms with Crippen molar-refractivity contribution >= 4 is 42.4 Å². The lowest BCUT2D eigenvalue weighted by molar-refractivity contribution is 0.102. The molecule has 0 fully saturated rings. The van der Waals surface area contributed by atoms with E-state index in [0.29, 0.717) is 39.3 Å². The molecule has 142 valence electrons. The van der Waals surface area contributed by atoms with Crippen molar-refractivity contribution in [1.29, 1.82) is 0 Å². The number of anilines is 1. The van der Waals surface area contributed by atoms with Crippen LogP contribution in [0, 0.1) is 5.92 Å². The summed E-state index contributed by atoms with van der Waals surface area (Å²) in [6, 6.07) is 7.96. The molecule has 7 nitrogen and oxygen atoms in total. The standard InChI is InChI=1S/C18H19N3O4S2/c1-11(2)10-25-16-7-4-12(9-19-16)17(22)21-18-20-14-6-5-13(27(3,23)24)8-15(14)26-18/h4-9,11H,10H2,1-3H3,(H,20,21,22). The highest BCUT2D eigenvalue weighted by molar-refractivity contribution is 7.90. The molecular weight excluding hydrogens is 386 g/mol. The van der Waals surface area contributed by atoms with E-state index in [0.717, 1.165) is 6.26 Å². The van der Waals surface area contributed by atoms with Gasteiger partial charge in [0.2, 0.25) is 5.88 Å². The molecule has 0 bridgehead atoms. The number of carbonyl (C=O) groups excluding carboxylic acids is 1. The third kappa shape index (κ3) is 4.81. The van der Waals surface area contributed by atoms with E-state index in [1.165, 1.54) is 23.6 Å². The van der Waals surface area contributed by atoms with Crippen molar-refractivity contribution < 1.29 is 17.9 Å². The summed E-state index contributed by atoms with van der Waals surface area (Å²) in [4.78, 5) is 21.0. The predicted molar refractivity (Wildman–Crippen MR) is 105 cm³/mol. The second kappa shape index (κ2) is 7.61. The average Bonchev–Trinajstić information content (AvgIpc) is 3.00. The van der Waals surface area contributed by atoms with Gasteiger partial charge in [0.1, 0.15) is 0 Å². The number of ether oxygens (including phenoxy) is 1. The Morgan fingerprint density at radius 3 is 2.67 bits per heavy atom. The van der Waals surface area contributed by atoms with Gasteiger partial charge in [-0.3, -0.25) is 10.1 Å². The zero-order chi connectivity index (χ0) is 19.6. The molecular formula is C18H19N3O4S2. The lowest BCUT2D eigenvalue weighted by Gasteiger charge is -2.07. The Morgan fingerprint density at radius 2 is 2.04 bits per heavy atom. The molecule has 2 aromatic heterocycles. The maximum atomic E-state index is 12.4. The van der Waals surface area contributed by atoms with Gasteiger partial charge in [-0.05, 0) is 30.2 Å². The van der Waals surface area contributed by atoms with Crippen LogP contribution < -0.4 is 10.1 Å². The van der Waals surface area contributed by atoms with Crippen LogP contribution in [0.3, 0.4) is 0 Å². The fourth-order valence-electron chi connectivity index (χ4n) is 2.21. The number of benzene rings is 1. The monoisotopic (exact) mass is 405 g/mol. The fourth-order valence-corrected chi connectivity index (χ4v) is 3.83. The van der Waals surface area contributed by atoms with E-state index in [-0.39, 0.29) is 10.8 Å². The first-order valence-corrected chi connectivity index (χ1v) is 10.9. The molecule has 3 rings (SSSR count). The third-order valence-electron chi connectivity index (χ3n) is 3.57. The van der Waals surface area contributed by atoms with Crippen LogP contribution in [-0.2, 0) is 9.84 Å². The van der Waals surface area contributed by atoms with Gasteiger partial charge in [0.15, 0.2) is 15.0 Å². The minimum absolute atomic E-state index is 0.220. The van der Waals surface area contributed by atoms with Gasteiger partial charge in [-0.15, -0.1) is 0 Å². The minimum Gasteiger partial charge on any atom is -0.477 e. The highest BCUT2D eigenvalue weighted by Crippen LogP contribution is 2.28. The SMILES string of the molecule is CC(C)COc1ccc(C(=O)Nc2nc3ccc(S(C)(=O)=O)cc3s2)cn1. The van der Waals surface area contributed by atoms with E-state index in [1.54, 1.807) is 24.3 Å². The number of pyridine rings is 1. The summed E-state index contributed by atoms with van der Waals surface area (Å²) in [5.41, 5.74) is 1.00. The molecule has 1 amide bonds. The maximum Gasteiger partial charge on any atom is 0.259 e. The summed E-state index contributed by atoms with van der Waals surface area (Å²) in [5.74, 6) is 0.505. The topological polar surface area (TPSA) is 98.2 Å². The van der Waals surface area contributed by atoms with Crippen LogP contribution in [0.25, 0.3) is 10.2 Å². The Kier molecular flexibility index (Phi) is 5.43. The molecule has 3 aromatic rings. The van der Waals surface area contributed by atoms with Crippen LogP contribution in [0.1, 0.15) is 24.2 Å². The number of nitrogens with zero attached hydrogens (tertiary/aromatic N) is 2. The van der Waals surface area contributed by atoms with E-state index < -0.39 is 9.84 Å². The molecule has 0 atom stereocenters. The lowest BCUT2D eigenvalue weighted by Crippen LogP contribution is -2.12. The Morgan fingerprint density at radius 1 is 1.26 bits per heavy atom. The first kappa shape index (κ1) is 19.2. The van der Waals surface area contributed by atoms with Gasteiger partial charge in [-0.1, -0.05) is 25.2 Å². The molecule has 2 heterocycles. The molecule has 0 aliphatic carbocycles. The molecule has 0 saturated heterocycles. The first-order valence-electron chi connectivity index (χ1n) is 8.23. The molecule has 0 radical (unpaired) electrons. The number of fused-ring (bicyclic) bond motifs is 1. The number of hydrogen-bond acceptors (Lipinski definition) is 7. The van der Waals surface area contributed by atoms with Crippen molar-refractivity contribution in [2.75, 3.05) is 18.2 Å². The van der Waals surface area contributed by atoms with Crippen LogP contribution in [0.5, 0.6) is 5.88 Å². The van der Waals surface area contributed by atoms with E-state index in [2.05, 4.69) is 15.3 Å². The van der Waals surface area contributed by atoms with Crippen molar-refractivity contribution in [3.8, 4) is 5.88 Å². The Balaban J connectivity index is 1.73. The second-order valence-corrected chi connectivity index (χ2v) is 9.51. The number of nitrogens with one attached hydrogen (secondary N) is 1. The summed E-state index contributed by atoms with van der Waals surface area (Å²) < 4.78 is 29.5. The number of rotatable bonds is 6. The number of hydrogen-bond donors (Lipinski definition) is 1. The molecule has 0 aliphatic heterocycles. The molecule has 0 saturated carbocycles. The molecule has 27 heavy (non-hydrogen) atoms. The van der Waals surface area contributed by atoms with Crippen LogP contribution in [-0.4, -0.2) is 37.2 Å². The van der Waals surface area contributed by atoms with Crippen molar-refractivity contribution in [3.05, 3.63) is 42.1 Å². The smallest absolute Gasteiger partial charge is 0.259 e. The van der Waals surface area contributed by atoms with E-state index in [4.69, 9.17) is 4.74 Å². The number of carbonyl (C=O) groups is 1. The third-order valence-corrected chi connectivity index (χ3v) is 5.62. The summed E-state index contributed by atoms with van der Waals surface area (Å²) >= 11 is 1.21. The summed E-state index contributed by atoms with van der Waals surface area (Å²) in [7, 11) is -3.29. The molecule has 9 heteroatoms. The predicted octanol–water partition coefficient (Wildman–Crippen LogP) is 3.38. The Bertz CT molecular complexity index is 1070. The quantitative estimate of drug-likeness (QED) is 0.675. The Hall–Kier alpha value is -2.52. The number of thiazole rings is 1. The van der Waals surface area contributed by atoms with E-state index in [9.17, 15) is 13.2 Å². The van der Waals surface area contributed by atoms with Crippen LogP contribution in [0.4, 0.5) is 5.13 Å². The maximum absolute atomic E-state index is 12.4. The first-order chi connectivity index (χ1) is 12.7. The van der Waals surface area contributed by atoms with Crippen LogP contribution in [0.2, 0.25) is 0 Å². The van der Waals surface area contributed by atoms with E-state index >= 15 is 0 Å². The van der Waals surface area contributed by atoms with Gasteiger partial charge in [0, 0.05) is 18.5 Å². The van der Waals surface area contributed by atoms with Gasteiger partial charge in [-0.2, -0.15) is 0 Å². The van der Waals surface area contributed by atoms with Crippen molar-refractivity contribution in [1.82, 2.24) is 9.97 Å². The molecule has 1 N–H and O–H groups in total. The van der Waals surface area contributed by atoms with Gasteiger partial charge in [-0.25, -0.2) is 18.4 Å². The average molecular weight is 406 g/mol. The van der Waals surface area contributed by atoms with Crippen LogP contribution in [0.15, 0.2) is 41.4 Å². The van der Waals surface area contributed by atoms with Crippen LogP contribution >= 0.6 is 11.3 Å². The van der Waals surface area contributed by atoms with Gasteiger partial charge < -0.3 is 4.74 Å². The van der Waals surface area contributed by atoms with Gasteiger partial charge in [0.25, 0.3) is 5.91 Å². The van der Waals surface area contributed by atoms with E-state index in [1.807, 2.05) is 13.8 Å². The van der Waals surface area contributed by atoms with Crippen molar-refractivity contribution in [3.63, 3.8) is 0 Å². The molecule has 0 spiro atoms. The molecule has 0 aliphatic rings.